The van der Waals surface area contributed by atoms with Crippen molar-refractivity contribution < 1.29 is 14.3 Å². The molecule has 2 rings (SSSR count). The van der Waals surface area contributed by atoms with Gasteiger partial charge in [0.2, 0.25) is 0 Å². The number of esters is 1. The largest absolute Gasteiger partial charge is 0.465 e. The van der Waals surface area contributed by atoms with Crippen molar-refractivity contribution in [2.75, 3.05) is 13.7 Å². The molecule has 7 heteroatoms. The van der Waals surface area contributed by atoms with Crippen LogP contribution in [-0.4, -0.2) is 46.9 Å². The third kappa shape index (κ3) is 3.71. The van der Waals surface area contributed by atoms with Crippen molar-refractivity contribution in [3.8, 4) is 6.07 Å². The van der Waals surface area contributed by atoms with E-state index < -0.39 is 11.2 Å². The van der Waals surface area contributed by atoms with Gasteiger partial charge < -0.3 is 9.64 Å². The Morgan fingerprint density at radius 1 is 1.39 bits per heavy atom. The molecule has 120 valence electrons. The number of nitriles is 1. The Labute approximate surface area is 139 Å². The van der Waals surface area contributed by atoms with Crippen LogP contribution in [-0.2, 0) is 9.53 Å². The maximum Gasteiger partial charge on any atom is 0.321 e. The van der Waals surface area contributed by atoms with E-state index in [9.17, 15) is 9.59 Å². The van der Waals surface area contributed by atoms with Crippen LogP contribution in [0.3, 0.4) is 0 Å². The van der Waals surface area contributed by atoms with Crippen molar-refractivity contribution in [3.05, 3.63) is 35.4 Å². The zero-order valence-electron chi connectivity index (χ0n) is 13.1. The molecule has 0 N–H and O–H groups in total. The fraction of sp³-hybridized carbons (Fsp3) is 0.375. The summed E-state index contributed by atoms with van der Waals surface area (Å²) in [7, 11) is 1.79. The number of hydrogen-bond acceptors (Lipinski definition) is 5. The average molecular weight is 331 g/mol. The molecule has 6 nitrogen and oxygen atoms in total. The lowest BCUT2D eigenvalue weighted by molar-refractivity contribution is -0.143. The minimum Gasteiger partial charge on any atom is -0.465 e. The number of carbonyl (C=O) groups excluding carboxylic acids is 2. The smallest absolute Gasteiger partial charge is 0.321 e. The molecule has 1 amide bonds. The van der Waals surface area contributed by atoms with Crippen LogP contribution in [0.15, 0.2) is 29.3 Å². The first-order chi connectivity index (χ1) is 11.0. The van der Waals surface area contributed by atoms with E-state index in [2.05, 4.69) is 4.99 Å². The average Bonchev–Trinajstić information content (AvgIpc) is 2.83. The Morgan fingerprint density at radius 2 is 2.04 bits per heavy atom. The van der Waals surface area contributed by atoms with E-state index in [1.807, 2.05) is 13.0 Å². The molecule has 1 aromatic rings. The number of benzene rings is 1. The molecule has 0 aromatic heterocycles. The lowest BCUT2D eigenvalue weighted by Gasteiger charge is -2.19. The van der Waals surface area contributed by atoms with E-state index in [-0.39, 0.29) is 12.0 Å². The van der Waals surface area contributed by atoms with Crippen molar-refractivity contribution >= 4 is 28.8 Å². The minimum atomic E-state index is -0.402. The van der Waals surface area contributed by atoms with Crippen molar-refractivity contribution in [2.24, 2.45) is 4.99 Å². The summed E-state index contributed by atoms with van der Waals surface area (Å²) in [5.41, 5.74) is 0.885. The highest BCUT2D eigenvalue weighted by Gasteiger charge is 2.40. The zero-order chi connectivity index (χ0) is 17.0. The lowest BCUT2D eigenvalue weighted by Crippen LogP contribution is -2.35. The van der Waals surface area contributed by atoms with Gasteiger partial charge in [-0.3, -0.25) is 9.59 Å². The molecule has 1 heterocycles. The molecule has 0 aliphatic carbocycles. The number of rotatable bonds is 3. The normalized spacial score (nSPS) is 22.0. The van der Waals surface area contributed by atoms with Gasteiger partial charge in [0.15, 0.2) is 5.17 Å². The van der Waals surface area contributed by atoms with E-state index in [4.69, 9.17) is 10.00 Å². The molecule has 23 heavy (non-hydrogen) atoms. The SMILES string of the molecule is CCOC(=O)C1SC(=NC(=O)c2ccc(C#N)cc2)N(C)C1C. The summed E-state index contributed by atoms with van der Waals surface area (Å²) in [4.78, 5) is 30.1. The van der Waals surface area contributed by atoms with Crippen LogP contribution in [0.5, 0.6) is 0 Å². The molecule has 2 atom stereocenters. The number of carbonyl (C=O) groups is 2. The first-order valence-electron chi connectivity index (χ1n) is 7.17. The van der Waals surface area contributed by atoms with Crippen LogP contribution < -0.4 is 0 Å². The number of nitrogens with zero attached hydrogens (tertiary/aromatic N) is 3. The summed E-state index contributed by atoms with van der Waals surface area (Å²) >= 11 is 1.23. The van der Waals surface area contributed by atoms with Crippen molar-refractivity contribution in [1.82, 2.24) is 4.90 Å². The van der Waals surface area contributed by atoms with Gasteiger partial charge >= 0.3 is 5.97 Å². The highest BCUT2D eigenvalue weighted by Crippen LogP contribution is 2.31. The molecule has 2 unspecified atom stereocenters. The molecule has 1 aliphatic rings. The Bertz CT molecular complexity index is 679. The second-order valence-electron chi connectivity index (χ2n) is 5.03. The maximum atomic E-state index is 12.2. The summed E-state index contributed by atoms with van der Waals surface area (Å²) in [5, 5.41) is 8.86. The van der Waals surface area contributed by atoms with E-state index in [0.717, 1.165) is 0 Å². The van der Waals surface area contributed by atoms with E-state index >= 15 is 0 Å². The number of ether oxygens (including phenoxy) is 1. The quantitative estimate of drug-likeness (QED) is 0.788. The van der Waals surface area contributed by atoms with Crippen LogP contribution in [0.4, 0.5) is 0 Å². The molecular weight excluding hydrogens is 314 g/mol. The van der Waals surface area contributed by atoms with Crippen LogP contribution in [0.1, 0.15) is 29.8 Å². The number of aliphatic imine (C=N–C) groups is 1. The number of hydrogen-bond donors (Lipinski definition) is 0. The number of amides is 1. The Hall–Kier alpha value is -2.33. The fourth-order valence-corrected chi connectivity index (χ4v) is 3.32. The third-order valence-corrected chi connectivity index (χ3v) is 4.99. The number of thioether (sulfide) groups is 1. The van der Waals surface area contributed by atoms with Crippen molar-refractivity contribution in [3.63, 3.8) is 0 Å². The van der Waals surface area contributed by atoms with E-state index in [0.29, 0.717) is 22.9 Å². The minimum absolute atomic E-state index is 0.105. The van der Waals surface area contributed by atoms with Gasteiger partial charge in [0, 0.05) is 12.6 Å². The van der Waals surface area contributed by atoms with Gasteiger partial charge in [-0.25, -0.2) is 0 Å². The molecule has 1 aromatic carbocycles. The maximum absolute atomic E-state index is 12.2. The highest BCUT2D eigenvalue weighted by atomic mass is 32.2. The Morgan fingerprint density at radius 3 is 2.61 bits per heavy atom. The molecule has 1 saturated heterocycles. The van der Waals surface area contributed by atoms with Gasteiger partial charge in [-0.2, -0.15) is 10.3 Å². The summed E-state index contributed by atoms with van der Waals surface area (Å²) < 4.78 is 5.05. The van der Waals surface area contributed by atoms with Crippen LogP contribution in [0, 0.1) is 11.3 Å². The summed E-state index contributed by atoms with van der Waals surface area (Å²) in [6.45, 7) is 3.97. The van der Waals surface area contributed by atoms with Crippen LogP contribution in [0.2, 0.25) is 0 Å². The Kier molecular flexibility index (Phi) is 5.40. The van der Waals surface area contributed by atoms with Gasteiger partial charge in [-0.1, -0.05) is 11.8 Å². The zero-order valence-corrected chi connectivity index (χ0v) is 14.0. The molecule has 0 radical (unpaired) electrons. The molecule has 0 saturated carbocycles. The summed E-state index contributed by atoms with van der Waals surface area (Å²) in [5.74, 6) is -0.701. The third-order valence-electron chi connectivity index (χ3n) is 3.56. The van der Waals surface area contributed by atoms with Crippen LogP contribution >= 0.6 is 11.8 Å². The second-order valence-corrected chi connectivity index (χ2v) is 6.14. The summed E-state index contributed by atoms with van der Waals surface area (Å²) in [6.07, 6.45) is 0. The second kappa shape index (κ2) is 7.29. The van der Waals surface area contributed by atoms with E-state index in [1.165, 1.54) is 11.8 Å². The predicted octanol–water partition coefficient (Wildman–Crippen LogP) is 2.05. The van der Waals surface area contributed by atoms with Gasteiger partial charge in [0.05, 0.1) is 24.3 Å². The predicted molar refractivity (Wildman–Crippen MR) is 88.2 cm³/mol. The van der Waals surface area contributed by atoms with Gasteiger partial charge in [0.1, 0.15) is 5.25 Å². The van der Waals surface area contributed by atoms with Gasteiger partial charge in [0.25, 0.3) is 5.91 Å². The van der Waals surface area contributed by atoms with Crippen LogP contribution in [0.25, 0.3) is 0 Å². The van der Waals surface area contributed by atoms with Gasteiger partial charge in [-0.15, -0.1) is 0 Å². The number of amidine groups is 1. The summed E-state index contributed by atoms with van der Waals surface area (Å²) in [6, 6.07) is 8.17. The van der Waals surface area contributed by atoms with Crippen molar-refractivity contribution in [1.29, 1.82) is 5.26 Å². The van der Waals surface area contributed by atoms with E-state index in [1.54, 1.807) is 43.1 Å². The monoisotopic (exact) mass is 331 g/mol. The fourth-order valence-electron chi connectivity index (χ4n) is 2.09. The topological polar surface area (TPSA) is 82.8 Å². The molecule has 0 bridgehead atoms. The highest BCUT2D eigenvalue weighted by molar-refractivity contribution is 8.15. The van der Waals surface area contributed by atoms with Gasteiger partial charge in [-0.05, 0) is 38.1 Å². The standard InChI is InChI=1S/C16H17N3O3S/c1-4-22-15(21)13-10(2)19(3)16(23-13)18-14(20)12-7-5-11(9-17)6-8-12/h5-8,10,13H,4H2,1-3H3. The lowest BCUT2D eigenvalue weighted by atomic mass is 10.1. The first-order valence-corrected chi connectivity index (χ1v) is 8.05. The molecular formula is C16H17N3O3S. The Balaban J connectivity index is 2.16. The molecule has 0 spiro atoms. The molecule has 1 aliphatic heterocycles. The first kappa shape index (κ1) is 17.0. The molecule has 1 fully saturated rings. The van der Waals surface area contributed by atoms with Crippen molar-refractivity contribution in [2.45, 2.75) is 25.1 Å².